The molecule has 19 heavy (non-hydrogen) atoms. The zero-order valence-electron chi connectivity index (χ0n) is 10.9. The SMILES string of the molecule is CNC(=O)c1sc(N2CCCCC2)c(C(N)=O)c1N. The standard InChI is InChI=1S/C12H18N4O2S/c1-15-11(18)9-8(13)7(10(14)17)12(19-9)16-5-3-2-4-6-16/h2-6,13H2,1H3,(H2,14,17)(H,15,18). The van der Waals surface area contributed by atoms with Crippen molar-refractivity contribution in [1.82, 2.24) is 5.32 Å². The van der Waals surface area contributed by atoms with E-state index in [9.17, 15) is 9.59 Å². The molecule has 0 unspecified atom stereocenters. The molecule has 2 heterocycles. The second-order valence-electron chi connectivity index (χ2n) is 4.52. The maximum atomic E-state index is 11.8. The number of nitrogens with one attached hydrogen (secondary N) is 1. The van der Waals surface area contributed by atoms with Crippen LogP contribution < -0.4 is 21.7 Å². The molecule has 1 fully saturated rings. The Morgan fingerprint density at radius 1 is 1.26 bits per heavy atom. The molecule has 7 heteroatoms. The maximum absolute atomic E-state index is 11.8. The lowest BCUT2D eigenvalue weighted by Gasteiger charge is -2.28. The molecular weight excluding hydrogens is 264 g/mol. The zero-order valence-corrected chi connectivity index (χ0v) is 11.7. The van der Waals surface area contributed by atoms with Gasteiger partial charge in [0.1, 0.15) is 9.88 Å². The predicted molar refractivity (Wildman–Crippen MR) is 76.7 cm³/mol. The third-order valence-corrected chi connectivity index (χ3v) is 4.51. The minimum absolute atomic E-state index is 0.192. The minimum Gasteiger partial charge on any atom is -0.397 e. The van der Waals surface area contributed by atoms with E-state index in [1.165, 1.54) is 24.8 Å². The van der Waals surface area contributed by atoms with E-state index in [0.29, 0.717) is 4.88 Å². The van der Waals surface area contributed by atoms with Gasteiger partial charge in [-0.1, -0.05) is 0 Å². The lowest BCUT2D eigenvalue weighted by Crippen LogP contribution is -2.30. The lowest BCUT2D eigenvalue weighted by molar-refractivity contribution is 0.0967. The first-order valence-electron chi connectivity index (χ1n) is 6.25. The second-order valence-corrected chi connectivity index (χ2v) is 5.52. The fourth-order valence-electron chi connectivity index (χ4n) is 2.27. The number of thiophene rings is 1. The van der Waals surface area contributed by atoms with Gasteiger partial charge in [0.05, 0.1) is 11.3 Å². The van der Waals surface area contributed by atoms with Crippen molar-refractivity contribution in [2.75, 3.05) is 30.8 Å². The van der Waals surface area contributed by atoms with Crippen LogP contribution >= 0.6 is 11.3 Å². The van der Waals surface area contributed by atoms with Crippen LogP contribution in [0, 0.1) is 0 Å². The third-order valence-electron chi connectivity index (χ3n) is 3.25. The van der Waals surface area contributed by atoms with Gasteiger partial charge in [0.2, 0.25) is 0 Å². The number of piperidine rings is 1. The highest BCUT2D eigenvalue weighted by molar-refractivity contribution is 7.19. The summed E-state index contributed by atoms with van der Waals surface area (Å²) in [6, 6.07) is 0. The summed E-state index contributed by atoms with van der Waals surface area (Å²) >= 11 is 1.24. The van der Waals surface area contributed by atoms with Crippen molar-refractivity contribution in [3.8, 4) is 0 Å². The van der Waals surface area contributed by atoms with E-state index >= 15 is 0 Å². The Balaban J connectivity index is 2.46. The molecular formula is C12H18N4O2S. The van der Waals surface area contributed by atoms with Crippen LogP contribution in [0.3, 0.4) is 0 Å². The van der Waals surface area contributed by atoms with Gasteiger partial charge in [-0.25, -0.2) is 0 Å². The normalized spacial score (nSPS) is 15.3. The van der Waals surface area contributed by atoms with Crippen LogP contribution in [0.25, 0.3) is 0 Å². The van der Waals surface area contributed by atoms with Gasteiger partial charge in [-0.3, -0.25) is 9.59 Å². The average molecular weight is 282 g/mol. The molecule has 6 nitrogen and oxygen atoms in total. The molecule has 1 saturated heterocycles. The molecule has 1 aliphatic heterocycles. The number of amides is 2. The molecule has 1 aromatic rings. The number of nitrogens with two attached hydrogens (primary N) is 2. The van der Waals surface area contributed by atoms with Gasteiger partial charge in [-0.2, -0.15) is 0 Å². The summed E-state index contributed by atoms with van der Waals surface area (Å²) in [7, 11) is 1.53. The molecule has 0 aliphatic carbocycles. The highest BCUT2D eigenvalue weighted by Gasteiger charge is 2.27. The van der Waals surface area contributed by atoms with E-state index in [0.717, 1.165) is 30.9 Å². The monoisotopic (exact) mass is 282 g/mol. The van der Waals surface area contributed by atoms with Crippen LogP contribution in [0.2, 0.25) is 0 Å². The summed E-state index contributed by atoms with van der Waals surface area (Å²) in [6.07, 6.45) is 3.34. The Kier molecular flexibility index (Phi) is 3.94. The summed E-state index contributed by atoms with van der Waals surface area (Å²) in [5.41, 5.74) is 11.8. The lowest BCUT2D eigenvalue weighted by atomic mass is 10.1. The third kappa shape index (κ3) is 2.51. The molecule has 0 radical (unpaired) electrons. The number of nitrogen functional groups attached to an aromatic ring is 1. The first-order valence-corrected chi connectivity index (χ1v) is 7.07. The molecule has 2 rings (SSSR count). The van der Waals surface area contributed by atoms with Crippen LogP contribution in [0.1, 0.15) is 39.3 Å². The molecule has 0 bridgehead atoms. The van der Waals surface area contributed by atoms with Gasteiger partial charge in [-0.05, 0) is 19.3 Å². The number of hydrogen-bond acceptors (Lipinski definition) is 5. The predicted octanol–water partition coefficient (Wildman–Crippen LogP) is 0.779. The molecule has 0 spiro atoms. The zero-order chi connectivity index (χ0) is 14.0. The van der Waals surface area contributed by atoms with Crippen molar-refractivity contribution in [1.29, 1.82) is 0 Å². The number of carbonyl (C=O) groups excluding carboxylic acids is 2. The summed E-state index contributed by atoms with van der Waals surface area (Å²) in [5, 5.41) is 3.25. The highest BCUT2D eigenvalue weighted by Crippen LogP contribution is 2.39. The van der Waals surface area contributed by atoms with Crippen molar-refractivity contribution in [2.45, 2.75) is 19.3 Å². The summed E-state index contributed by atoms with van der Waals surface area (Å²) < 4.78 is 0. The second kappa shape index (κ2) is 5.48. The summed E-state index contributed by atoms with van der Waals surface area (Å²) in [6.45, 7) is 1.74. The topological polar surface area (TPSA) is 101 Å². The van der Waals surface area contributed by atoms with E-state index in [4.69, 9.17) is 11.5 Å². The molecule has 0 aromatic carbocycles. The number of primary amides is 1. The highest BCUT2D eigenvalue weighted by atomic mass is 32.1. The van der Waals surface area contributed by atoms with E-state index < -0.39 is 5.91 Å². The van der Waals surface area contributed by atoms with Crippen molar-refractivity contribution in [3.05, 3.63) is 10.4 Å². The molecule has 1 aliphatic rings. The molecule has 0 atom stereocenters. The van der Waals surface area contributed by atoms with Gasteiger partial charge >= 0.3 is 0 Å². The van der Waals surface area contributed by atoms with E-state index in [1.54, 1.807) is 0 Å². The van der Waals surface area contributed by atoms with Crippen LogP contribution in [-0.4, -0.2) is 32.0 Å². The quantitative estimate of drug-likeness (QED) is 0.762. The maximum Gasteiger partial charge on any atom is 0.263 e. The fraction of sp³-hybridized carbons (Fsp3) is 0.500. The average Bonchev–Trinajstić information content (AvgIpc) is 2.76. The van der Waals surface area contributed by atoms with Crippen LogP contribution in [-0.2, 0) is 0 Å². The van der Waals surface area contributed by atoms with Gasteiger partial charge in [0, 0.05) is 20.1 Å². The number of nitrogens with zero attached hydrogens (tertiary/aromatic N) is 1. The number of carbonyl (C=O) groups is 2. The van der Waals surface area contributed by atoms with E-state index in [1.807, 2.05) is 0 Å². The summed E-state index contributed by atoms with van der Waals surface area (Å²) in [5.74, 6) is -0.863. The Bertz CT molecular complexity index is 506. The Hall–Kier alpha value is -1.76. The van der Waals surface area contributed by atoms with Gasteiger partial charge < -0.3 is 21.7 Å². The van der Waals surface area contributed by atoms with Crippen molar-refractivity contribution >= 4 is 33.8 Å². The van der Waals surface area contributed by atoms with Gasteiger partial charge in [0.15, 0.2) is 0 Å². The van der Waals surface area contributed by atoms with Crippen molar-refractivity contribution in [2.24, 2.45) is 5.73 Å². The molecule has 1 aromatic heterocycles. The smallest absolute Gasteiger partial charge is 0.263 e. The number of anilines is 2. The van der Waals surface area contributed by atoms with Crippen LogP contribution in [0.15, 0.2) is 0 Å². The largest absolute Gasteiger partial charge is 0.397 e. The minimum atomic E-state index is -0.579. The van der Waals surface area contributed by atoms with Crippen LogP contribution in [0.4, 0.5) is 10.7 Å². The van der Waals surface area contributed by atoms with Crippen molar-refractivity contribution < 1.29 is 9.59 Å². The Morgan fingerprint density at radius 2 is 1.89 bits per heavy atom. The first kappa shape index (κ1) is 13.7. The fourth-order valence-corrected chi connectivity index (χ4v) is 3.50. The van der Waals surface area contributed by atoms with Gasteiger partial charge in [-0.15, -0.1) is 11.3 Å². The number of rotatable bonds is 3. The molecule has 0 saturated carbocycles. The molecule has 5 N–H and O–H groups in total. The van der Waals surface area contributed by atoms with Crippen LogP contribution in [0.5, 0.6) is 0 Å². The van der Waals surface area contributed by atoms with Crippen molar-refractivity contribution in [3.63, 3.8) is 0 Å². The first-order chi connectivity index (χ1) is 9.06. The summed E-state index contributed by atoms with van der Waals surface area (Å²) in [4.78, 5) is 25.8. The Labute approximate surface area is 115 Å². The van der Waals surface area contributed by atoms with E-state index in [2.05, 4.69) is 10.2 Å². The Morgan fingerprint density at radius 3 is 2.42 bits per heavy atom. The van der Waals surface area contributed by atoms with Gasteiger partial charge in [0.25, 0.3) is 11.8 Å². The number of hydrogen-bond donors (Lipinski definition) is 3. The van der Waals surface area contributed by atoms with E-state index in [-0.39, 0.29) is 17.2 Å². The molecule has 104 valence electrons. The molecule has 2 amide bonds.